The summed E-state index contributed by atoms with van der Waals surface area (Å²) in [7, 11) is 0. The maximum absolute atomic E-state index is 11.9. The second kappa shape index (κ2) is 6.05. The maximum atomic E-state index is 11.9. The van der Waals surface area contributed by atoms with Crippen molar-refractivity contribution in [2.75, 3.05) is 18.4 Å². The van der Waals surface area contributed by atoms with E-state index >= 15 is 0 Å². The third kappa shape index (κ3) is 3.17. The van der Waals surface area contributed by atoms with Gasteiger partial charge in [0.2, 0.25) is 11.9 Å². The van der Waals surface area contributed by atoms with E-state index in [9.17, 15) is 4.79 Å². The Morgan fingerprint density at radius 3 is 2.90 bits per heavy atom. The number of nitrogens with zero attached hydrogens (tertiary/aromatic N) is 1. The number of benzene rings is 1. The number of aromatic amines is 1. The van der Waals surface area contributed by atoms with Crippen molar-refractivity contribution in [3.63, 3.8) is 0 Å². The zero-order chi connectivity index (χ0) is 13.8. The number of hydrogen-bond acceptors (Lipinski definition) is 3. The number of imidazole rings is 1. The summed E-state index contributed by atoms with van der Waals surface area (Å²) < 4.78 is 0. The lowest BCUT2D eigenvalue weighted by molar-refractivity contribution is -0.116. The quantitative estimate of drug-likeness (QED) is 0.799. The minimum absolute atomic E-state index is 0.0441. The lowest BCUT2D eigenvalue weighted by Crippen LogP contribution is -2.28. The molecule has 0 atom stereocenters. The molecule has 1 fully saturated rings. The molecule has 0 bridgehead atoms. The third-order valence-electron chi connectivity index (χ3n) is 3.89. The van der Waals surface area contributed by atoms with Crippen LogP contribution in [-0.4, -0.2) is 29.0 Å². The zero-order valence-electron chi connectivity index (χ0n) is 11.5. The molecule has 5 heteroatoms. The molecule has 1 aliphatic rings. The standard InChI is InChI=1S/C15H20N4O/c20-14(6-5-11-7-9-16-10-8-11)19-15-17-12-3-1-2-4-13(12)18-15/h1-4,11,16H,5-10H2,(H2,17,18,19,20). The Labute approximate surface area is 118 Å². The molecular weight excluding hydrogens is 252 g/mol. The number of piperidine rings is 1. The number of aromatic nitrogens is 2. The maximum Gasteiger partial charge on any atom is 0.226 e. The van der Waals surface area contributed by atoms with E-state index in [4.69, 9.17) is 0 Å². The summed E-state index contributed by atoms with van der Waals surface area (Å²) >= 11 is 0. The van der Waals surface area contributed by atoms with Gasteiger partial charge >= 0.3 is 0 Å². The Kier molecular flexibility index (Phi) is 3.97. The van der Waals surface area contributed by atoms with Gasteiger partial charge in [0.25, 0.3) is 0 Å². The SMILES string of the molecule is O=C(CCC1CCNCC1)Nc1nc2ccccc2[nH]1. The highest BCUT2D eigenvalue weighted by molar-refractivity contribution is 5.91. The highest BCUT2D eigenvalue weighted by Crippen LogP contribution is 2.18. The molecule has 3 N–H and O–H groups in total. The molecule has 0 radical (unpaired) electrons. The van der Waals surface area contributed by atoms with E-state index in [-0.39, 0.29) is 5.91 Å². The molecule has 5 nitrogen and oxygen atoms in total. The molecule has 20 heavy (non-hydrogen) atoms. The molecule has 2 aromatic rings. The highest BCUT2D eigenvalue weighted by atomic mass is 16.1. The zero-order valence-corrected chi connectivity index (χ0v) is 11.5. The number of H-pyrrole nitrogens is 1. The number of anilines is 1. The van der Waals surface area contributed by atoms with Gasteiger partial charge in [-0.1, -0.05) is 12.1 Å². The first-order chi connectivity index (χ1) is 9.81. The highest BCUT2D eigenvalue weighted by Gasteiger charge is 2.15. The van der Waals surface area contributed by atoms with E-state index in [1.165, 1.54) is 12.8 Å². The van der Waals surface area contributed by atoms with Crippen LogP contribution in [0.5, 0.6) is 0 Å². The summed E-state index contributed by atoms with van der Waals surface area (Å²) in [6.07, 6.45) is 3.89. The first kappa shape index (κ1) is 13.1. The van der Waals surface area contributed by atoms with Crippen LogP contribution in [0.2, 0.25) is 0 Å². The Morgan fingerprint density at radius 1 is 1.30 bits per heavy atom. The van der Waals surface area contributed by atoms with Crippen LogP contribution in [0, 0.1) is 5.92 Å². The monoisotopic (exact) mass is 272 g/mol. The Hall–Kier alpha value is -1.88. The van der Waals surface area contributed by atoms with Gasteiger partial charge in [-0.05, 0) is 50.4 Å². The summed E-state index contributed by atoms with van der Waals surface area (Å²) in [4.78, 5) is 19.4. The van der Waals surface area contributed by atoms with Crippen LogP contribution in [0.25, 0.3) is 11.0 Å². The lowest BCUT2D eigenvalue weighted by Gasteiger charge is -2.21. The van der Waals surface area contributed by atoms with E-state index in [0.29, 0.717) is 18.3 Å². The molecule has 1 saturated heterocycles. The van der Waals surface area contributed by atoms with Gasteiger partial charge in [0, 0.05) is 6.42 Å². The largest absolute Gasteiger partial charge is 0.324 e. The normalized spacial score (nSPS) is 16.4. The van der Waals surface area contributed by atoms with Crippen molar-refractivity contribution >= 4 is 22.9 Å². The van der Waals surface area contributed by atoms with Gasteiger partial charge < -0.3 is 10.3 Å². The molecule has 2 heterocycles. The van der Waals surface area contributed by atoms with Crippen molar-refractivity contribution in [2.24, 2.45) is 5.92 Å². The van der Waals surface area contributed by atoms with Crippen molar-refractivity contribution in [1.82, 2.24) is 15.3 Å². The molecule has 0 unspecified atom stereocenters. The van der Waals surface area contributed by atoms with Gasteiger partial charge in [-0.25, -0.2) is 4.98 Å². The van der Waals surface area contributed by atoms with Crippen molar-refractivity contribution in [3.8, 4) is 0 Å². The summed E-state index contributed by atoms with van der Waals surface area (Å²) in [6, 6.07) is 7.76. The van der Waals surface area contributed by atoms with Gasteiger partial charge in [0.15, 0.2) is 0 Å². The summed E-state index contributed by atoms with van der Waals surface area (Å²) in [5.41, 5.74) is 1.82. The first-order valence-corrected chi connectivity index (χ1v) is 7.26. The topological polar surface area (TPSA) is 69.8 Å². The van der Waals surface area contributed by atoms with Crippen molar-refractivity contribution < 1.29 is 4.79 Å². The molecule has 0 aliphatic carbocycles. The molecule has 1 aromatic carbocycles. The van der Waals surface area contributed by atoms with Crippen LogP contribution in [0.15, 0.2) is 24.3 Å². The van der Waals surface area contributed by atoms with Gasteiger partial charge in [-0.15, -0.1) is 0 Å². The molecule has 1 aromatic heterocycles. The molecule has 1 aliphatic heterocycles. The Bertz CT molecular complexity index is 553. The fraction of sp³-hybridized carbons (Fsp3) is 0.467. The molecule has 0 saturated carbocycles. The van der Waals surface area contributed by atoms with E-state index in [0.717, 1.165) is 30.5 Å². The van der Waals surface area contributed by atoms with Crippen LogP contribution >= 0.6 is 0 Å². The number of carbonyl (C=O) groups excluding carboxylic acids is 1. The first-order valence-electron chi connectivity index (χ1n) is 7.26. The number of nitrogens with one attached hydrogen (secondary N) is 3. The minimum Gasteiger partial charge on any atom is -0.324 e. The van der Waals surface area contributed by atoms with Crippen molar-refractivity contribution in [3.05, 3.63) is 24.3 Å². The summed E-state index contributed by atoms with van der Waals surface area (Å²) in [5.74, 6) is 1.27. The smallest absolute Gasteiger partial charge is 0.226 e. The van der Waals surface area contributed by atoms with Gasteiger partial charge in [0.05, 0.1) is 11.0 Å². The van der Waals surface area contributed by atoms with Gasteiger partial charge in [-0.3, -0.25) is 10.1 Å². The predicted molar refractivity (Wildman–Crippen MR) is 79.6 cm³/mol. The molecule has 106 valence electrons. The fourth-order valence-corrected chi connectivity index (χ4v) is 2.71. The minimum atomic E-state index is 0.0441. The molecule has 0 spiro atoms. The Balaban J connectivity index is 1.52. The van der Waals surface area contributed by atoms with Gasteiger partial charge in [-0.2, -0.15) is 0 Å². The average molecular weight is 272 g/mol. The van der Waals surface area contributed by atoms with Gasteiger partial charge in [0.1, 0.15) is 0 Å². The van der Waals surface area contributed by atoms with E-state index in [1.54, 1.807) is 0 Å². The van der Waals surface area contributed by atoms with Crippen LogP contribution in [0.3, 0.4) is 0 Å². The predicted octanol–water partition coefficient (Wildman–Crippen LogP) is 2.28. The second-order valence-electron chi connectivity index (χ2n) is 5.38. The van der Waals surface area contributed by atoms with E-state index in [2.05, 4.69) is 20.6 Å². The number of fused-ring (bicyclic) bond motifs is 1. The van der Waals surface area contributed by atoms with Crippen molar-refractivity contribution in [1.29, 1.82) is 0 Å². The number of amides is 1. The number of para-hydroxylation sites is 2. The fourth-order valence-electron chi connectivity index (χ4n) is 2.71. The van der Waals surface area contributed by atoms with E-state index in [1.807, 2.05) is 24.3 Å². The second-order valence-corrected chi connectivity index (χ2v) is 5.38. The average Bonchev–Trinajstić information content (AvgIpc) is 2.88. The van der Waals surface area contributed by atoms with E-state index < -0.39 is 0 Å². The summed E-state index contributed by atoms with van der Waals surface area (Å²) in [6.45, 7) is 2.16. The molecule has 1 amide bonds. The Morgan fingerprint density at radius 2 is 2.10 bits per heavy atom. The third-order valence-corrected chi connectivity index (χ3v) is 3.89. The molecule has 3 rings (SSSR count). The number of hydrogen-bond donors (Lipinski definition) is 3. The number of rotatable bonds is 4. The lowest BCUT2D eigenvalue weighted by atomic mass is 9.93. The van der Waals surface area contributed by atoms with Crippen LogP contribution < -0.4 is 10.6 Å². The van der Waals surface area contributed by atoms with Crippen molar-refractivity contribution in [2.45, 2.75) is 25.7 Å². The summed E-state index contributed by atoms with van der Waals surface area (Å²) in [5, 5.41) is 6.19. The van der Waals surface area contributed by atoms with Crippen LogP contribution in [-0.2, 0) is 4.79 Å². The number of carbonyl (C=O) groups is 1. The van der Waals surface area contributed by atoms with Crippen LogP contribution in [0.4, 0.5) is 5.95 Å². The van der Waals surface area contributed by atoms with Crippen LogP contribution in [0.1, 0.15) is 25.7 Å². The molecular formula is C15H20N4O.